The van der Waals surface area contributed by atoms with Crippen molar-refractivity contribution in [1.29, 1.82) is 0 Å². The number of fused-ring (bicyclic) bond motifs is 5. The summed E-state index contributed by atoms with van der Waals surface area (Å²) < 4.78 is 0. The van der Waals surface area contributed by atoms with Gasteiger partial charge in [0, 0.05) is 0 Å². The van der Waals surface area contributed by atoms with Gasteiger partial charge < -0.3 is 5.11 Å². The van der Waals surface area contributed by atoms with Crippen LogP contribution in [-0.4, -0.2) is 11.2 Å². The van der Waals surface area contributed by atoms with E-state index in [-0.39, 0.29) is 6.10 Å². The summed E-state index contributed by atoms with van der Waals surface area (Å²) in [4.78, 5) is 0. The highest BCUT2D eigenvalue weighted by Crippen LogP contribution is 2.66. The topological polar surface area (TPSA) is 20.2 Å². The molecule has 28 heavy (non-hydrogen) atoms. The highest BCUT2D eigenvalue weighted by Gasteiger charge is 2.58. The number of aliphatic hydroxyl groups is 1. The number of aliphatic hydroxyl groups excluding tert-OH is 1. The monoisotopic (exact) mass is 384 g/mol. The summed E-state index contributed by atoms with van der Waals surface area (Å²) in [6.45, 7) is 12.2. The van der Waals surface area contributed by atoms with Crippen molar-refractivity contribution < 1.29 is 5.11 Å². The van der Waals surface area contributed by atoms with Crippen LogP contribution in [0.25, 0.3) is 0 Å². The maximum atomic E-state index is 10.2. The Balaban J connectivity index is 1.52. The number of hydrogen-bond acceptors (Lipinski definition) is 1. The predicted molar refractivity (Wildman–Crippen MR) is 119 cm³/mol. The molecule has 8 atom stereocenters. The van der Waals surface area contributed by atoms with Crippen LogP contribution in [0.3, 0.4) is 0 Å². The molecule has 4 rings (SSSR count). The van der Waals surface area contributed by atoms with Gasteiger partial charge in [-0.3, -0.25) is 0 Å². The van der Waals surface area contributed by atoms with Gasteiger partial charge in [0.15, 0.2) is 0 Å². The molecule has 1 N–H and O–H groups in total. The minimum atomic E-state index is -0.0422. The Morgan fingerprint density at radius 2 is 1.82 bits per heavy atom. The molecule has 0 aliphatic heterocycles. The van der Waals surface area contributed by atoms with Crippen LogP contribution in [0.4, 0.5) is 0 Å². The van der Waals surface area contributed by atoms with E-state index in [1.807, 2.05) is 5.57 Å². The summed E-state index contributed by atoms with van der Waals surface area (Å²) >= 11 is 0. The van der Waals surface area contributed by atoms with Crippen LogP contribution in [-0.2, 0) is 0 Å². The molecule has 158 valence electrons. The molecule has 0 radical (unpaired) electrons. The summed E-state index contributed by atoms with van der Waals surface area (Å²) in [6.07, 6.45) is 17.9. The van der Waals surface area contributed by atoms with Gasteiger partial charge in [-0.2, -0.15) is 0 Å². The lowest BCUT2D eigenvalue weighted by molar-refractivity contribution is -0.0426. The normalized spacial score (nSPS) is 46.1. The second-order valence-corrected chi connectivity index (χ2v) is 11.7. The molecule has 1 heteroatoms. The van der Waals surface area contributed by atoms with E-state index in [1.54, 1.807) is 0 Å². The molecule has 0 saturated heterocycles. The molecule has 4 aliphatic carbocycles. The Morgan fingerprint density at radius 3 is 2.57 bits per heavy atom. The van der Waals surface area contributed by atoms with E-state index >= 15 is 0 Å². The molecule has 3 fully saturated rings. The summed E-state index contributed by atoms with van der Waals surface area (Å²) in [5.74, 6) is 4.11. The van der Waals surface area contributed by atoms with Crippen LogP contribution in [0.1, 0.15) is 98.8 Å². The van der Waals surface area contributed by atoms with E-state index in [0.717, 1.165) is 42.4 Å². The summed E-state index contributed by atoms with van der Waals surface area (Å²) in [5, 5.41) is 10.2. The van der Waals surface area contributed by atoms with Crippen molar-refractivity contribution in [2.24, 2.45) is 40.4 Å². The molecule has 0 heterocycles. The van der Waals surface area contributed by atoms with Crippen molar-refractivity contribution in [3.8, 4) is 0 Å². The zero-order valence-corrected chi connectivity index (χ0v) is 19.1. The van der Waals surface area contributed by atoms with Gasteiger partial charge in [0.25, 0.3) is 0 Å². The van der Waals surface area contributed by atoms with Crippen molar-refractivity contribution in [2.45, 2.75) is 105 Å². The average molecular weight is 385 g/mol. The minimum Gasteiger partial charge on any atom is -0.393 e. The lowest BCUT2D eigenvalue weighted by atomic mass is 9.47. The van der Waals surface area contributed by atoms with Gasteiger partial charge in [0.1, 0.15) is 0 Å². The smallest absolute Gasteiger partial charge is 0.0543 e. The van der Waals surface area contributed by atoms with E-state index in [9.17, 15) is 5.11 Å². The third-order valence-electron chi connectivity index (χ3n) is 9.99. The molecule has 4 aliphatic rings. The van der Waals surface area contributed by atoms with Crippen molar-refractivity contribution in [3.05, 3.63) is 23.3 Å². The van der Waals surface area contributed by atoms with Crippen LogP contribution >= 0.6 is 0 Å². The molecular weight excluding hydrogens is 340 g/mol. The zero-order valence-electron chi connectivity index (χ0n) is 19.1. The quantitative estimate of drug-likeness (QED) is 0.504. The second kappa shape index (κ2) is 7.60. The molecular formula is C27H44O. The Kier molecular flexibility index (Phi) is 5.62. The summed E-state index contributed by atoms with van der Waals surface area (Å²) in [6, 6.07) is 0. The first-order valence-electron chi connectivity index (χ1n) is 12.3. The van der Waals surface area contributed by atoms with Crippen molar-refractivity contribution >= 4 is 0 Å². The van der Waals surface area contributed by atoms with Gasteiger partial charge in [-0.25, -0.2) is 0 Å². The van der Waals surface area contributed by atoms with Crippen molar-refractivity contribution in [3.63, 3.8) is 0 Å². The van der Waals surface area contributed by atoms with E-state index in [4.69, 9.17) is 0 Å². The molecule has 0 amide bonds. The Hall–Kier alpha value is -0.560. The molecule has 0 aromatic rings. The van der Waals surface area contributed by atoms with Crippen LogP contribution in [0, 0.1) is 40.4 Å². The largest absolute Gasteiger partial charge is 0.393 e. The Morgan fingerprint density at radius 1 is 1.11 bits per heavy atom. The molecule has 0 aromatic carbocycles. The molecule has 0 aromatic heterocycles. The van der Waals surface area contributed by atoms with E-state index < -0.39 is 0 Å². The highest BCUT2D eigenvalue weighted by molar-refractivity contribution is 5.27. The second-order valence-electron chi connectivity index (χ2n) is 11.7. The van der Waals surface area contributed by atoms with Crippen LogP contribution in [0.2, 0.25) is 0 Å². The summed E-state index contributed by atoms with van der Waals surface area (Å²) in [7, 11) is 0. The maximum absolute atomic E-state index is 10.2. The van der Waals surface area contributed by atoms with Crippen LogP contribution in [0.15, 0.2) is 23.3 Å². The zero-order chi connectivity index (χ0) is 20.1. The van der Waals surface area contributed by atoms with E-state index in [2.05, 4.69) is 46.8 Å². The maximum Gasteiger partial charge on any atom is 0.0543 e. The first-order valence-corrected chi connectivity index (χ1v) is 12.3. The average Bonchev–Trinajstić information content (AvgIpc) is 2.99. The third-order valence-corrected chi connectivity index (χ3v) is 9.99. The number of hydrogen-bond donors (Lipinski definition) is 1. The fourth-order valence-corrected chi connectivity index (χ4v) is 8.30. The van der Waals surface area contributed by atoms with Crippen molar-refractivity contribution in [2.75, 3.05) is 0 Å². The number of allylic oxidation sites excluding steroid dienone is 4. The fraction of sp³-hybridized carbons (Fsp3) is 0.852. The van der Waals surface area contributed by atoms with Gasteiger partial charge in [-0.1, -0.05) is 44.1 Å². The van der Waals surface area contributed by atoms with E-state index in [1.165, 1.54) is 56.9 Å². The van der Waals surface area contributed by atoms with Gasteiger partial charge in [-0.15, -0.1) is 0 Å². The van der Waals surface area contributed by atoms with Crippen molar-refractivity contribution in [1.82, 2.24) is 0 Å². The minimum absolute atomic E-state index is 0.0422. The third kappa shape index (κ3) is 3.34. The van der Waals surface area contributed by atoms with Gasteiger partial charge in [0.2, 0.25) is 0 Å². The number of rotatable bonds is 4. The van der Waals surface area contributed by atoms with E-state index in [0.29, 0.717) is 10.8 Å². The molecule has 0 spiro atoms. The van der Waals surface area contributed by atoms with Gasteiger partial charge in [0.05, 0.1) is 6.10 Å². The van der Waals surface area contributed by atoms with Gasteiger partial charge >= 0.3 is 0 Å². The fourth-order valence-electron chi connectivity index (χ4n) is 8.30. The Labute approximate surface area is 174 Å². The standard InChI is InChI=1S/C27H44O/c1-18(2)7-6-8-19(3)23-11-12-24-22-10-9-20-17-21(28)13-15-26(20,4)25(22)14-16-27(23,24)5/h7,10,19-21,23-25,28H,6,8-9,11-17H2,1-5H3. The predicted octanol–water partition coefficient (Wildman–Crippen LogP) is 7.31. The van der Waals surface area contributed by atoms with Gasteiger partial charge in [-0.05, 0) is 118 Å². The first kappa shape index (κ1) is 20.7. The van der Waals surface area contributed by atoms with Crippen LogP contribution < -0.4 is 0 Å². The summed E-state index contributed by atoms with van der Waals surface area (Å²) in [5.41, 5.74) is 4.32. The lowest BCUT2D eigenvalue weighted by Gasteiger charge is -2.57. The van der Waals surface area contributed by atoms with Crippen LogP contribution in [0.5, 0.6) is 0 Å². The SMILES string of the molecule is CC(C)=CCCC(C)C1CCC2C3=CCC4CC(O)CCC4(C)C3CCC21C. The first-order chi connectivity index (χ1) is 13.3. The molecule has 0 bridgehead atoms. The lowest BCUT2D eigenvalue weighted by Crippen LogP contribution is -2.49. The Bertz CT molecular complexity index is 641. The molecule has 3 saturated carbocycles. The highest BCUT2D eigenvalue weighted by atomic mass is 16.3. The molecule has 1 nitrogen and oxygen atoms in total. The molecule has 8 unspecified atom stereocenters.